The molecule has 2 heterocycles. The summed E-state index contributed by atoms with van der Waals surface area (Å²) in [4.78, 5) is 23.7. The highest BCUT2D eigenvalue weighted by Gasteiger charge is 2.17. The number of nitrogens with zero attached hydrogens (tertiary/aromatic N) is 3. The van der Waals surface area contributed by atoms with Gasteiger partial charge in [0.25, 0.3) is 11.5 Å². The molecule has 0 spiro atoms. The van der Waals surface area contributed by atoms with Crippen LogP contribution in [0.15, 0.2) is 23.1 Å². The zero-order valence-corrected chi connectivity index (χ0v) is 12.6. The van der Waals surface area contributed by atoms with Crippen LogP contribution in [0.2, 0.25) is 5.02 Å². The third-order valence-corrected chi connectivity index (χ3v) is 3.45. The molecule has 0 saturated heterocycles. The van der Waals surface area contributed by atoms with Crippen LogP contribution in [0.3, 0.4) is 0 Å². The molecule has 1 N–H and O–H groups in total. The molecule has 0 aliphatic rings. The largest absolute Gasteiger partial charge is 0.330 e. The Balaban J connectivity index is 2.36. The number of aryl methyl sites for hydroxylation is 1. The number of rotatable bonds is 3. The van der Waals surface area contributed by atoms with Crippen molar-refractivity contribution >= 4 is 23.2 Å². The van der Waals surface area contributed by atoms with Gasteiger partial charge in [-0.25, -0.2) is 4.39 Å². The first-order valence-corrected chi connectivity index (χ1v) is 6.73. The normalized spacial score (nSPS) is 10.3. The number of nitrogens with one attached hydrogen (secondary N) is 1. The monoisotopic (exact) mass is 322 g/mol. The van der Waals surface area contributed by atoms with Gasteiger partial charge in [-0.2, -0.15) is 5.26 Å². The van der Waals surface area contributed by atoms with Crippen LogP contribution in [0, 0.1) is 17.1 Å². The van der Waals surface area contributed by atoms with E-state index in [-0.39, 0.29) is 28.6 Å². The van der Waals surface area contributed by atoms with E-state index in [1.54, 1.807) is 6.92 Å². The Morgan fingerprint density at radius 2 is 2.18 bits per heavy atom. The van der Waals surface area contributed by atoms with Gasteiger partial charge in [0.15, 0.2) is 5.82 Å². The zero-order chi connectivity index (χ0) is 16.4. The molecule has 0 aliphatic heterocycles. The van der Waals surface area contributed by atoms with Gasteiger partial charge in [0.2, 0.25) is 0 Å². The quantitative estimate of drug-likeness (QED) is 0.940. The molecule has 0 atom stereocenters. The lowest BCUT2D eigenvalue weighted by atomic mass is 10.3. The summed E-state index contributed by atoms with van der Waals surface area (Å²) in [5.41, 5.74) is -0.318. The lowest BCUT2D eigenvalue weighted by molar-refractivity contribution is 0.101. The molecule has 0 bridgehead atoms. The van der Waals surface area contributed by atoms with Gasteiger partial charge in [0, 0.05) is 25.9 Å². The van der Waals surface area contributed by atoms with Gasteiger partial charge in [-0.05, 0) is 13.0 Å². The number of anilines is 1. The summed E-state index contributed by atoms with van der Waals surface area (Å²) >= 11 is 5.86. The van der Waals surface area contributed by atoms with Crippen molar-refractivity contribution < 1.29 is 9.18 Å². The van der Waals surface area contributed by atoms with E-state index in [2.05, 4.69) is 5.32 Å². The van der Waals surface area contributed by atoms with E-state index < -0.39 is 17.3 Å². The summed E-state index contributed by atoms with van der Waals surface area (Å²) in [6.07, 6.45) is 1.35. The van der Waals surface area contributed by atoms with Crippen LogP contribution in [-0.2, 0) is 13.6 Å². The maximum Gasteiger partial charge on any atom is 0.286 e. The van der Waals surface area contributed by atoms with Gasteiger partial charge in [-0.15, -0.1) is 0 Å². The van der Waals surface area contributed by atoms with E-state index >= 15 is 0 Å². The summed E-state index contributed by atoms with van der Waals surface area (Å²) in [7, 11) is 1.52. The maximum atomic E-state index is 13.5. The second-order valence-corrected chi connectivity index (χ2v) is 4.93. The molecule has 2 aromatic rings. The molecule has 0 aromatic carbocycles. The molecule has 0 aliphatic carbocycles. The highest BCUT2D eigenvalue weighted by Crippen LogP contribution is 2.20. The predicted molar refractivity (Wildman–Crippen MR) is 79.4 cm³/mol. The maximum absolute atomic E-state index is 13.5. The van der Waals surface area contributed by atoms with E-state index in [1.807, 2.05) is 6.07 Å². The van der Waals surface area contributed by atoms with Crippen molar-refractivity contribution in [2.24, 2.45) is 7.05 Å². The average molecular weight is 323 g/mol. The first-order valence-electron chi connectivity index (χ1n) is 6.35. The Labute approximate surface area is 130 Å². The summed E-state index contributed by atoms with van der Waals surface area (Å²) in [6.45, 7) is 1.95. The van der Waals surface area contributed by atoms with Crippen molar-refractivity contribution in [1.82, 2.24) is 9.13 Å². The van der Waals surface area contributed by atoms with E-state index in [0.29, 0.717) is 0 Å². The van der Waals surface area contributed by atoms with Gasteiger partial charge >= 0.3 is 0 Å². The SMILES string of the molecule is CCn1cc(NC(=O)c2cc(Cl)c(C#N)n2C)cc(F)c1=O. The fourth-order valence-electron chi connectivity index (χ4n) is 2.01. The summed E-state index contributed by atoms with van der Waals surface area (Å²) in [5.74, 6) is -1.52. The van der Waals surface area contributed by atoms with Crippen LogP contribution in [0.4, 0.5) is 10.1 Å². The van der Waals surface area contributed by atoms with Gasteiger partial charge < -0.3 is 14.5 Å². The van der Waals surface area contributed by atoms with Crippen molar-refractivity contribution in [2.45, 2.75) is 13.5 Å². The van der Waals surface area contributed by atoms with Crippen LogP contribution < -0.4 is 10.9 Å². The first kappa shape index (κ1) is 15.8. The Hall–Kier alpha value is -2.59. The lowest BCUT2D eigenvalue weighted by Crippen LogP contribution is -2.24. The molecule has 0 saturated carbocycles. The van der Waals surface area contributed by atoms with Crippen LogP contribution >= 0.6 is 11.6 Å². The van der Waals surface area contributed by atoms with E-state index in [1.165, 1.54) is 23.9 Å². The number of halogens is 2. The highest BCUT2D eigenvalue weighted by molar-refractivity contribution is 6.32. The molecule has 0 fully saturated rings. The van der Waals surface area contributed by atoms with E-state index in [9.17, 15) is 14.0 Å². The van der Waals surface area contributed by atoms with Crippen molar-refractivity contribution in [3.63, 3.8) is 0 Å². The van der Waals surface area contributed by atoms with Crippen LogP contribution in [-0.4, -0.2) is 15.0 Å². The zero-order valence-electron chi connectivity index (χ0n) is 11.9. The summed E-state index contributed by atoms with van der Waals surface area (Å²) in [5, 5.41) is 11.6. The number of pyridine rings is 1. The predicted octanol–water partition coefficient (Wildman–Crippen LogP) is 2.12. The van der Waals surface area contributed by atoms with Gasteiger partial charge in [0.05, 0.1) is 10.7 Å². The van der Waals surface area contributed by atoms with Gasteiger partial charge in [0.1, 0.15) is 17.5 Å². The number of aromatic nitrogens is 2. The molecule has 22 heavy (non-hydrogen) atoms. The molecule has 114 valence electrons. The van der Waals surface area contributed by atoms with E-state index in [4.69, 9.17) is 16.9 Å². The van der Waals surface area contributed by atoms with Gasteiger partial charge in [-0.1, -0.05) is 11.6 Å². The second-order valence-electron chi connectivity index (χ2n) is 4.52. The average Bonchev–Trinajstić information content (AvgIpc) is 2.77. The van der Waals surface area contributed by atoms with Gasteiger partial charge in [-0.3, -0.25) is 9.59 Å². The topological polar surface area (TPSA) is 79.8 Å². The lowest BCUT2D eigenvalue weighted by Gasteiger charge is -2.09. The standard InChI is InChI=1S/C14H12ClFN4O2/c1-3-20-7-8(4-10(16)14(20)22)18-13(21)11-5-9(15)12(6-17)19(11)2/h4-5,7H,3H2,1-2H3,(H,18,21). The Morgan fingerprint density at radius 3 is 2.73 bits per heavy atom. The molecular weight excluding hydrogens is 311 g/mol. The fourth-order valence-corrected chi connectivity index (χ4v) is 2.28. The second kappa shape index (κ2) is 6.03. The number of hydrogen-bond acceptors (Lipinski definition) is 3. The number of carbonyl (C=O) groups excluding carboxylic acids is 1. The third-order valence-electron chi connectivity index (χ3n) is 3.17. The summed E-state index contributed by atoms with van der Waals surface area (Å²) < 4.78 is 16.0. The first-order chi connectivity index (χ1) is 10.4. The van der Waals surface area contributed by atoms with Crippen molar-refractivity contribution in [3.8, 4) is 6.07 Å². The molecule has 2 rings (SSSR count). The van der Waals surface area contributed by atoms with Crippen LogP contribution in [0.5, 0.6) is 0 Å². The Morgan fingerprint density at radius 1 is 1.50 bits per heavy atom. The minimum absolute atomic E-state index is 0.139. The van der Waals surface area contributed by atoms with Crippen molar-refractivity contribution in [1.29, 1.82) is 5.26 Å². The highest BCUT2D eigenvalue weighted by atomic mass is 35.5. The fraction of sp³-hybridized carbons (Fsp3) is 0.214. The van der Waals surface area contributed by atoms with E-state index in [0.717, 1.165) is 10.6 Å². The smallest absolute Gasteiger partial charge is 0.286 e. The Bertz CT molecular complexity index is 848. The Kier molecular flexibility index (Phi) is 4.33. The molecular formula is C14H12ClFN4O2. The number of amides is 1. The van der Waals surface area contributed by atoms with Crippen LogP contribution in [0.25, 0.3) is 0 Å². The third kappa shape index (κ3) is 2.73. The number of carbonyl (C=O) groups is 1. The number of nitriles is 1. The summed E-state index contributed by atoms with van der Waals surface area (Å²) in [6, 6.07) is 4.18. The molecule has 0 radical (unpaired) electrons. The molecule has 1 amide bonds. The van der Waals surface area contributed by atoms with Crippen LogP contribution in [0.1, 0.15) is 23.1 Å². The minimum atomic E-state index is -0.956. The molecule has 6 nitrogen and oxygen atoms in total. The van der Waals surface area contributed by atoms with Crippen molar-refractivity contribution in [3.05, 3.63) is 50.9 Å². The molecule has 2 aromatic heterocycles. The van der Waals surface area contributed by atoms with Crippen molar-refractivity contribution in [2.75, 3.05) is 5.32 Å². The molecule has 0 unspecified atom stereocenters. The minimum Gasteiger partial charge on any atom is -0.330 e. The molecule has 8 heteroatoms. The number of hydrogen-bond donors (Lipinski definition) is 1.